The number of carbonyl (C=O) groups is 2. The minimum atomic E-state index is -6.21. The van der Waals surface area contributed by atoms with Crippen molar-refractivity contribution >= 4 is 43.8 Å². The van der Waals surface area contributed by atoms with Crippen LogP contribution in [-0.2, 0) is 64.2 Å². The van der Waals surface area contributed by atoms with E-state index in [1.54, 1.807) is 0 Å². The molecular weight excluding hydrogens is 873 g/mol. The van der Waals surface area contributed by atoms with Crippen LogP contribution in [0.5, 0.6) is 0 Å². The Morgan fingerprint density at radius 1 is 0.444 bits per heavy atom. The molecule has 0 spiro atoms. The van der Waals surface area contributed by atoms with E-state index in [4.69, 9.17) is 0 Å². The van der Waals surface area contributed by atoms with E-state index in [0.29, 0.717) is 6.92 Å². The zero-order chi connectivity index (χ0) is 45.3. The first-order valence-electron chi connectivity index (χ1n) is 19.1. The second-order valence-electron chi connectivity index (χ2n) is 13.3. The highest BCUT2D eigenvalue weighted by molar-refractivity contribution is 7.97. The highest BCUT2D eigenvalue weighted by Crippen LogP contribution is 2.32. The van der Waals surface area contributed by atoms with Gasteiger partial charge in [-0.15, -0.1) is 0 Å². The summed E-state index contributed by atoms with van der Waals surface area (Å²) in [5.74, 6) is -7.90. The molecule has 7 nitrogen and oxygen atoms in total. The Morgan fingerprint density at radius 2 is 0.667 bits per heavy atom. The molecule has 0 saturated heterocycles. The lowest BCUT2D eigenvalue weighted by atomic mass is 10.1. The summed E-state index contributed by atoms with van der Waals surface area (Å²) >= 11 is 0. The summed E-state index contributed by atoms with van der Waals surface area (Å²) in [4.78, 5) is 30.0. The van der Waals surface area contributed by atoms with Gasteiger partial charge in [0.25, 0.3) is 0 Å². The number of hydrogen-bond acceptors (Lipinski definition) is 7. The zero-order valence-corrected chi connectivity index (χ0v) is 36.1. The van der Waals surface area contributed by atoms with Crippen LogP contribution in [-0.4, -0.2) is 36.1 Å². The van der Waals surface area contributed by atoms with Gasteiger partial charge in [-0.2, -0.15) is 17.6 Å². The van der Waals surface area contributed by atoms with Crippen molar-refractivity contribution in [2.45, 2.75) is 60.7 Å². The van der Waals surface area contributed by atoms with E-state index in [2.05, 4.69) is 191 Å². The van der Waals surface area contributed by atoms with Crippen LogP contribution in [0.4, 0.5) is 17.6 Å². The number of ether oxygens (including phenoxy) is 2. The van der Waals surface area contributed by atoms with Crippen molar-refractivity contribution in [2.24, 2.45) is 0 Å². The summed E-state index contributed by atoms with van der Waals surface area (Å²) in [5.41, 5.74) is 0.406. The third kappa shape index (κ3) is 14.2. The van der Waals surface area contributed by atoms with Crippen LogP contribution < -0.4 is 0 Å². The average molecular weight is 914 g/mol. The summed E-state index contributed by atoms with van der Waals surface area (Å²) in [6, 6.07) is 69.3. The van der Waals surface area contributed by atoms with Gasteiger partial charge >= 0.3 is 23.1 Å². The van der Waals surface area contributed by atoms with Gasteiger partial charge in [0, 0.05) is 6.92 Å². The Labute approximate surface area is 369 Å². The quantitative estimate of drug-likeness (QED) is 0.0490. The van der Waals surface area contributed by atoms with Crippen LogP contribution in [0.15, 0.2) is 236 Å². The third-order valence-corrected chi connectivity index (χ3v) is 13.8. The first kappa shape index (κ1) is 47.9. The van der Waals surface area contributed by atoms with Crippen molar-refractivity contribution in [3.05, 3.63) is 217 Å². The van der Waals surface area contributed by atoms with Crippen LogP contribution in [0.2, 0.25) is 0 Å². The van der Waals surface area contributed by atoms with Gasteiger partial charge in [0.15, 0.2) is 39.5 Å². The lowest BCUT2D eigenvalue weighted by Crippen LogP contribution is -2.38. The third-order valence-electron chi connectivity index (χ3n) is 8.55. The average Bonchev–Trinajstić information content (AvgIpc) is 3.30. The summed E-state index contributed by atoms with van der Waals surface area (Å²) in [7, 11) is -6.24. The number of benzene rings is 7. The van der Waals surface area contributed by atoms with Crippen molar-refractivity contribution in [3.63, 3.8) is 0 Å². The summed E-state index contributed by atoms with van der Waals surface area (Å²) in [6.45, 7) is -0.878. The molecule has 0 atom stereocenters. The fourth-order valence-electron chi connectivity index (χ4n) is 5.50. The SMILES string of the molecule is CC(F)(F)C(=O)OCc1ccc(COC(=O)C(F)(F)S(=O)(=O)[O-])cc1.c1ccc([S+](c2ccccc2)c2ccccc2)cc1.c1ccc([S+](c2ccccc2)c2ccccc2)cc1. The molecule has 7 rings (SSSR count). The minimum absolute atomic E-state index is 0.0146. The molecule has 0 fully saturated rings. The smallest absolute Gasteiger partial charge is 0.428 e. The fraction of sp³-hybridized carbons (Fsp3) is 0.102. The molecule has 0 aromatic heterocycles. The Morgan fingerprint density at radius 3 is 0.873 bits per heavy atom. The second kappa shape index (κ2) is 22.8. The number of hydrogen-bond donors (Lipinski definition) is 0. The summed E-state index contributed by atoms with van der Waals surface area (Å²) in [6.07, 6.45) is 0. The Hall–Kier alpha value is -6.19. The number of esters is 2. The molecular formula is C49H41F4O7S3+. The number of alkyl halides is 4. The second-order valence-corrected chi connectivity index (χ2v) is 18.8. The largest absolute Gasteiger partial charge is 0.743 e. The maximum atomic E-state index is 12.9. The van der Waals surface area contributed by atoms with Gasteiger partial charge in [-0.1, -0.05) is 133 Å². The van der Waals surface area contributed by atoms with Crippen LogP contribution in [0.1, 0.15) is 18.1 Å². The van der Waals surface area contributed by atoms with Gasteiger partial charge in [0.05, 0.1) is 21.8 Å². The summed E-state index contributed by atoms with van der Waals surface area (Å²) in [5, 5.41) is -5.22. The van der Waals surface area contributed by atoms with Gasteiger partial charge in [-0.3, -0.25) is 0 Å². The molecule has 63 heavy (non-hydrogen) atoms. The van der Waals surface area contributed by atoms with Crippen molar-refractivity contribution in [1.82, 2.24) is 0 Å². The number of rotatable bonds is 13. The molecule has 0 aliphatic carbocycles. The van der Waals surface area contributed by atoms with Gasteiger partial charge in [0.1, 0.15) is 13.2 Å². The maximum absolute atomic E-state index is 12.9. The first-order chi connectivity index (χ1) is 30.1. The van der Waals surface area contributed by atoms with E-state index < -0.39 is 46.4 Å². The van der Waals surface area contributed by atoms with Crippen molar-refractivity contribution in [2.75, 3.05) is 0 Å². The van der Waals surface area contributed by atoms with Gasteiger partial charge in [-0.05, 0) is 83.9 Å². The van der Waals surface area contributed by atoms with E-state index in [1.165, 1.54) is 53.6 Å². The van der Waals surface area contributed by atoms with Crippen molar-refractivity contribution in [1.29, 1.82) is 0 Å². The molecule has 0 saturated carbocycles. The molecule has 0 amide bonds. The molecule has 7 aromatic rings. The molecule has 0 heterocycles. The predicted octanol–water partition coefficient (Wildman–Crippen LogP) is 11.1. The zero-order valence-electron chi connectivity index (χ0n) is 33.6. The van der Waals surface area contributed by atoms with Crippen LogP contribution in [0, 0.1) is 0 Å². The van der Waals surface area contributed by atoms with Crippen LogP contribution in [0.25, 0.3) is 0 Å². The molecule has 0 bridgehead atoms. The Kier molecular flexibility index (Phi) is 17.3. The molecule has 324 valence electrons. The molecule has 0 aliphatic rings. The normalized spacial score (nSPS) is 11.4. The van der Waals surface area contributed by atoms with Crippen LogP contribution >= 0.6 is 0 Å². The summed E-state index contributed by atoms with van der Waals surface area (Å²) < 4.78 is 90.1. The first-order valence-corrected chi connectivity index (χ1v) is 22.9. The molecule has 0 unspecified atom stereocenters. The Balaban J connectivity index is 0.000000180. The maximum Gasteiger partial charge on any atom is 0.428 e. The highest BCUT2D eigenvalue weighted by atomic mass is 32.2. The van der Waals surface area contributed by atoms with E-state index in [1.807, 2.05) is 0 Å². The highest BCUT2D eigenvalue weighted by Gasteiger charge is 2.48. The van der Waals surface area contributed by atoms with Gasteiger partial charge < -0.3 is 14.0 Å². The topological polar surface area (TPSA) is 110 Å². The fourth-order valence-corrected chi connectivity index (χ4v) is 9.97. The van der Waals surface area contributed by atoms with E-state index in [0.717, 1.165) is 0 Å². The van der Waals surface area contributed by atoms with Crippen molar-refractivity contribution in [3.8, 4) is 0 Å². The molecule has 0 aliphatic heterocycles. The number of carbonyl (C=O) groups excluding carboxylic acids is 2. The molecule has 7 aromatic carbocycles. The molecule has 14 heteroatoms. The van der Waals surface area contributed by atoms with Crippen molar-refractivity contribution < 1.29 is 49.6 Å². The van der Waals surface area contributed by atoms with Gasteiger partial charge in [0.2, 0.25) is 0 Å². The predicted molar refractivity (Wildman–Crippen MR) is 234 cm³/mol. The standard InChI is InChI=1S/2C18H15S.C13H12F4O7S/c2*1-4-10-16(11-5-1)19(17-12-6-2-7-13-17)18-14-8-3-9-15-18;1-12(14,15)10(18)23-6-8-2-4-9(5-3-8)7-24-11(19)13(16,17)25(20,21)22/h2*1-15H;2-5H,6-7H2,1H3,(H,20,21,22)/q2*+1;/p-1. The monoisotopic (exact) mass is 913 g/mol. The molecule has 0 N–H and O–H groups in total. The lowest BCUT2D eigenvalue weighted by Gasteiger charge is -2.18. The van der Waals surface area contributed by atoms with E-state index in [-0.39, 0.29) is 32.9 Å². The van der Waals surface area contributed by atoms with E-state index >= 15 is 0 Å². The lowest BCUT2D eigenvalue weighted by molar-refractivity contribution is -0.170. The van der Waals surface area contributed by atoms with Gasteiger partial charge in [-0.25, -0.2) is 18.0 Å². The Bertz CT molecular complexity index is 2270. The number of halogens is 4. The minimum Gasteiger partial charge on any atom is -0.743 e. The van der Waals surface area contributed by atoms with E-state index in [9.17, 15) is 40.1 Å². The van der Waals surface area contributed by atoms with Crippen LogP contribution in [0.3, 0.4) is 0 Å². The molecule has 0 radical (unpaired) electrons.